The number of pyridine rings is 1. The number of hydrogen-bond donors (Lipinski definition) is 1. The molecule has 2 aliphatic heterocycles. The molecular formula is C25H23ClN2O3. The van der Waals surface area contributed by atoms with Gasteiger partial charge in [-0.2, -0.15) is 0 Å². The summed E-state index contributed by atoms with van der Waals surface area (Å²) in [6.07, 6.45) is 2.35. The minimum atomic E-state index is -0.192. The van der Waals surface area contributed by atoms with Crippen LogP contribution in [0.4, 0.5) is 0 Å². The molecule has 0 saturated carbocycles. The molecule has 2 aliphatic rings. The molecule has 0 radical (unpaired) electrons. The number of aryl methyl sites for hydroxylation is 1. The van der Waals surface area contributed by atoms with E-state index in [0.29, 0.717) is 41.4 Å². The predicted molar refractivity (Wildman–Crippen MR) is 121 cm³/mol. The Morgan fingerprint density at radius 2 is 1.87 bits per heavy atom. The summed E-state index contributed by atoms with van der Waals surface area (Å²) < 4.78 is 1.72. The van der Waals surface area contributed by atoms with E-state index in [1.54, 1.807) is 15.5 Å². The summed E-state index contributed by atoms with van der Waals surface area (Å²) in [5.41, 5.74) is 4.21. The molecule has 5 rings (SSSR count). The lowest BCUT2D eigenvalue weighted by atomic mass is 9.92. The smallest absolute Gasteiger partial charge is 0.258 e. The highest BCUT2D eigenvalue weighted by atomic mass is 35.5. The maximum Gasteiger partial charge on any atom is 0.258 e. The Bertz CT molecular complexity index is 1220. The molecule has 1 N–H and O–H groups in total. The van der Waals surface area contributed by atoms with Crippen molar-refractivity contribution in [2.75, 3.05) is 13.2 Å². The van der Waals surface area contributed by atoms with Gasteiger partial charge in [-0.1, -0.05) is 48.0 Å². The number of rotatable bonds is 3. The van der Waals surface area contributed by atoms with E-state index in [2.05, 4.69) is 0 Å². The Balaban J connectivity index is 1.78. The van der Waals surface area contributed by atoms with Crippen LogP contribution in [0.15, 0.2) is 59.4 Å². The molecule has 1 amide bonds. The van der Waals surface area contributed by atoms with Gasteiger partial charge in [0.2, 0.25) is 0 Å². The number of carbonyl (C=O) groups excluding carboxylic acids is 1. The highest BCUT2D eigenvalue weighted by Gasteiger charge is 2.33. The van der Waals surface area contributed by atoms with E-state index in [9.17, 15) is 14.7 Å². The first kappa shape index (κ1) is 20.0. The Morgan fingerprint density at radius 1 is 1.06 bits per heavy atom. The van der Waals surface area contributed by atoms with E-state index in [-0.39, 0.29) is 24.1 Å². The van der Waals surface area contributed by atoms with Crippen molar-refractivity contribution in [3.63, 3.8) is 0 Å². The zero-order valence-corrected chi connectivity index (χ0v) is 17.8. The number of nitrogens with zero attached hydrogens (tertiary/aromatic N) is 2. The number of fused-ring (bicyclic) bond motifs is 3. The van der Waals surface area contributed by atoms with Crippen molar-refractivity contribution < 1.29 is 9.90 Å². The fraction of sp³-hybridized carbons (Fsp3) is 0.280. The maximum absolute atomic E-state index is 13.7. The van der Waals surface area contributed by atoms with Crippen LogP contribution in [-0.4, -0.2) is 39.7 Å². The van der Waals surface area contributed by atoms with Gasteiger partial charge in [0.15, 0.2) is 0 Å². The number of hydrogen-bond acceptors (Lipinski definition) is 3. The number of aliphatic hydroxyl groups excluding tert-OH is 1. The second-order valence-electron chi connectivity index (χ2n) is 8.17. The molecule has 3 aromatic rings. The van der Waals surface area contributed by atoms with Crippen molar-refractivity contribution in [1.82, 2.24) is 9.47 Å². The number of halogens is 1. The minimum absolute atomic E-state index is 0.0608. The zero-order chi connectivity index (χ0) is 21.5. The first-order valence-electron chi connectivity index (χ1n) is 10.6. The fourth-order valence-electron chi connectivity index (χ4n) is 4.83. The normalized spacial score (nSPS) is 17.4. The lowest BCUT2D eigenvalue weighted by Gasteiger charge is -2.29. The SMILES string of the molecule is O=C(c1cc(-c2ccccc2)c(=O)n2c1-c1cc(Cl)ccc1CC2)N1CCC[C@@H]1CO. The first-order valence-corrected chi connectivity index (χ1v) is 11.0. The van der Waals surface area contributed by atoms with Gasteiger partial charge in [-0.05, 0) is 48.6 Å². The van der Waals surface area contributed by atoms with Crippen molar-refractivity contribution in [3.05, 3.63) is 81.1 Å². The summed E-state index contributed by atoms with van der Waals surface area (Å²) in [6, 6.07) is 16.6. The van der Waals surface area contributed by atoms with Crippen LogP contribution in [-0.2, 0) is 13.0 Å². The van der Waals surface area contributed by atoms with Gasteiger partial charge in [-0.3, -0.25) is 9.59 Å². The molecular weight excluding hydrogens is 412 g/mol. The number of carbonyl (C=O) groups is 1. The maximum atomic E-state index is 13.7. The topological polar surface area (TPSA) is 62.5 Å². The Morgan fingerprint density at radius 3 is 2.65 bits per heavy atom. The van der Waals surface area contributed by atoms with Gasteiger partial charge in [0.1, 0.15) is 0 Å². The second kappa shape index (κ2) is 7.98. The molecule has 6 heteroatoms. The molecule has 1 aromatic heterocycles. The fourth-order valence-corrected chi connectivity index (χ4v) is 5.00. The van der Waals surface area contributed by atoms with E-state index in [1.807, 2.05) is 48.5 Å². The van der Waals surface area contributed by atoms with Gasteiger partial charge in [-0.15, -0.1) is 0 Å². The van der Waals surface area contributed by atoms with Crippen LogP contribution in [0.5, 0.6) is 0 Å². The molecule has 1 atom stereocenters. The Labute approximate surface area is 185 Å². The van der Waals surface area contributed by atoms with Crippen LogP contribution < -0.4 is 5.56 Å². The summed E-state index contributed by atoms with van der Waals surface area (Å²) in [5.74, 6) is -0.148. The lowest BCUT2D eigenvalue weighted by Crippen LogP contribution is -2.39. The number of likely N-dealkylation sites (tertiary alicyclic amines) is 1. The molecule has 0 bridgehead atoms. The first-order chi connectivity index (χ1) is 15.1. The van der Waals surface area contributed by atoms with Gasteiger partial charge >= 0.3 is 0 Å². The molecule has 0 unspecified atom stereocenters. The Hall–Kier alpha value is -2.89. The van der Waals surface area contributed by atoms with Gasteiger partial charge < -0.3 is 14.6 Å². The largest absolute Gasteiger partial charge is 0.394 e. The number of aromatic nitrogens is 1. The molecule has 3 heterocycles. The molecule has 0 aliphatic carbocycles. The van der Waals surface area contributed by atoms with Crippen molar-refractivity contribution in [2.24, 2.45) is 0 Å². The third kappa shape index (κ3) is 3.38. The van der Waals surface area contributed by atoms with Crippen LogP contribution in [0.3, 0.4) is 0 Å². The van der Waals surface area contributed by atoms with Crippen molar-refractivity contribution in [1.29, 1.82) is 0 Å². The van der Waals surface area contributed by atoms with Gasteiger partial charge in [0.25, 0.3) is 11.5 Å². The van der Waals surface area contributed by atoms with Crippen molar-refractivity contribution in [3.8, 4) is 22.4 Å². The third-order valence-corrected chi connectivity index (χ3v) is 6.62. The summed E-state index contributed by atoms with van der Waals surface area (Å²) >= 11 is 6.30. The van der Waals surface area contributed by atoms with E-state index < -0.39 is 0 Å². The molecule has 158 valence electrons. The average Bonchev–Trinajstić information content (AvgIpc) is 3.28. The molecule has 1 saturated heterocycles. The van der Waals surface area contributed by atoms with Crippen molar-refractivity contribution >= 4 is 17.5 Å². The molecule has 1 fully saturated rings. The quantitative estimate of drug-likeness (QED) is 0.678. The standard InChI is InChI=1S/C25H23ClN2O3/c26-18-9-8-17-10-12-28-23(20(17)13-18)22(25(31)27-11-4-7-19(27)15-29)14-21(24(28)30)16-5-2-1-3-6-16/h1-3,5-6,8-9,13-14,19,29H,4,7,10-12,15H2/t19-/m1/s1. The Kier molecular flexibility index (Phi) is 5.16. The van der Waals surface area contributed by atoms with Gasteiger partial charge in [-0.25, -0.2) is 0 Å². The summed E-state index contributed by atoms with van der Waals surface area (Å²) in [7, 11) is 0. The van der Waals surface area contributed by atoms with E-state index in [4.69, 9.17) is 11.6 Å². The van der Waals surface area contributed by atoms with Crippen LogP contribution in [0.25, 0.3) is 22.4 Å². The van der Waals surface area contributed by atoms with E-state index in [0.717, 1.165) is 29.5 Å². The average molecular weight is 435 g/mol. The highest BCUT2D eigenvalue weighted by molar-refractivity contribution is 6.31. The molecule has 2 aromatic carbocycles. The molecule has 31 heavy (non-hydrogen) atoms. The highest BCUT2D eigenvalue weighted by Crippen LogP contribution is 2.36. The number of aliphatic hydroxyl groups is 1. The van der Waals surface area contributed by atoms with Crippen LogP contribution in [0.2, 0.25) is 5.02 Å². The van der Waals surface area contributed by atoms with Crippen molar-refractivity contribution in [2.45, 2.75) is 31.8 Å². The molecule has 0 spiro atoms. The monoisotopic (exact) mass is 434 g/mol. The minimum Gasteiger partial charge on any atom is -0.394 e. The van der Waals surface area contributed by atoms with Crippen LogP contribution in [0.1, 0.15) is 28.8 Å². The van der Waals surface area contributed by atoms with Gasteiger partial charge in [0.05, 0.1) is 23.9 Å². The summed E-state index contributed by atoms with van der Waals surface area (Å²) in [5, 5.41) is 10.3. The van der Waals surface area contributed by atoms with Gasteiger partial charge in [0, 0.05) is 29.2 Å². The van der Waals surface area contributed by atoms with Crippen LogP contribution in [0, 0.1) is 0 Å². The predicted octanol–water partition coefficient (Wildman–Crippen LogP) is 3.99. The lowest BCUT2D eigenvalue weighted by molar-refractivity contribution is 0.0677. The van der Waals surface area contributed by atoms with E-state index in [1.165, 1.54) is 0 Å². The number of amides is 1. The molecule has 5 nitrogen and oxygen atoms in total. The second-order valence-corrected chi connectivity index (χ2v) is 8.61. The third-order valence-electron chi connectivity index (χ3n) is 6.39. The zero-order valence-electron chi connectivity index (χ0n) is 17.1. The summed E-state index contributed by atoms with van der Waals surface area (Å²) in [4.78, 5) is 29.0. The number of benzene rings is 2. The van der Waals surface area contributed by atoms with E-state index >= 15 is 0 Å². The van der Waals surface area contributed by atoms with Crippen LogP contribution >= 0.6 is 11.6 Å². The summed E-state index contributed by atoms with van der Waals surface area (Å²) in [6.45, 7) is 1.05.